The standard InChI is InChI=1S/C27H24ClF3N6O3S/c1-34(2)11-12-36-20-10-9-17(13-18(20)32-25(36)35(3)4)37-23(38)22-19(33-26(37)40-24(39)27(29,30)31)14-21(41-22)15-5-7-16(28)8-6-15/h5-10,13-14H,11-12H2,1-4H3. The number of benzene rings is 2. The lowest BCUT2D eigenvalue weighted by atomic mass is 10.2. The highest BCUT2D eigenvalue weighted by atomic mass is 35.5. The number of halogens is 4. The van der Waals surface area contributed by atoms with Crippen molar-refractivity contribution in [2.75, 3.05) is 39.6 Å². The molecule has 0 bridgehead atoms. The Balaban J connectivity index is 1.70. The second-order valence-electron chi connectivity index (χ2n) is 9.69. The van der Waals surface area contributed by atoms with Crippen LogP contribution in [0.2, 0.25) is 5.02 Å². The van der Waals surface area contributed by atoms with Gasteiger partial charge >= 0.3 is 18.2 Å². The predicted molar refractivity (Wildman–Crippen MR) is 154 cm³/mol. The highest BCUT2D eigenvalue weighted by molar-refractivity contribution is 7.22. The van der Waals surface area contributed by atoms with Crippen molar-refractivity contribution >= 4 is 56.1 Å². The molecule has 0 aliphatic carbocycles. The molecule has 0 radical (unpaired) electrons. The van der Waals surface area contributed by atoms with E-state index in [1.165, 1.54) is 0 Å². The van der Waals surface area contributed by atoms with Crippen LogP contribution in [0.3, 0.4) is 0 Å². The third-order valence-corrected chi connectivity index (χ3v) is 7.62. The summed E-state index contributed by atoms with van der Waals surface area (Å²) < 4.78 is 47.3. The van der Waals surface area contributed by atoms with Crippen molar-refractivity contribution in [3.8, 4) is 22.1 Å². The van der Waals surface area contributed by atoms with Crippen molar-refractivity contribution in [1.82, 2.24) is 24.0 Å². The minimum atomic E-state index is -5.30. The van der Waals surface area contributed by atoms with E-state index in [-0.39, 0.29) is 15.9 Å². The molecule has 14 heteroatoms. The molecule has 0 saturated heterocycles. The number of rotatable bonds is 7. The summed E-state index contributed by atoms with van der Waals surface area (Å²) in [4.78, 5) is 39.0. The molecule has 0 amide bonds. The Labute approximate surface area is 241 Å². The number of hydrogen-bond donors (Lipinski definition) is 0. The summed E-state index contributed by atoms with van der Waals surface area (Å²) in [5.74, 6) is -1.83. The molecule has 5 aromatic rings. The normalized spacial score (nSPS) is 12.0. The van der Waals surface area contributed by atoms with Crippen molar-refractivity contribution in [3.05, 3.63) is 63.9 Å². The van der Waals surface area contributed by atoms with Crippen LogP contribution >= 0.6 is 22.9 Å². The van der Waals surface area contributed by atoms with Crippen LogP contribution in [0.15, 0.2) is 53.3 Å². The summed E-state index contributed by atoms with van der Waals surface area (Å²) in [6, 6.07) is 12.4. The van der Waals surface area contributed by atoms with E-state index in [4.69, 9.17) is 11.6 Å². The third kappa shape index (κ3) is 5.65. The average molecular weight is 605 g/mol. The topological polar surface area (TPSA) is 85.5 Å². The fraction of sp³-hybridized carbons (Fsp3) is 0.259. The first kappa shape index (κ1) is 28.6. The Morgan fingerprint density at radius 1 is 1.02 bits per heavy atom. The first-order valence-electron chi connectivity index (χ1n) is 12.3. The maximum Gasteiger partial charge on any atom is 0.491 e. The van der Waals surface area contributed by atoms with E-state index in [2.05, 4.69) is 14.7 Å². The summed E-state index contributed by atoms with van der Waals surface area (Å²) in [6.07, 6.45) is -5.30. The van der Waals surface area contributed by atoms with Crippen molar-refractivity contribution in [2.24, 2.45) is 0 Å². The van der Waals surface area contributed by atoms with Crippen molar-refractivity contribution in [2.45, 2.75) is 12.7 Å². The molecule has 0 aliphatic rings. The van der Waals surface area contributed by atoms with E-state index < -0.39 is 23.7 Å². The number of fused-ring (bicyclic) bond motifs is 2. The number of carbonyl (C=O) groups is 1. The molecule has 3 heterocycles. The summed E-state index contributed by atoms with van der Waals surface area (Å²) in [5, 5.41) is 0.522. The Morgan fingerprint density at radius 2 is 1.73 bits per heavy atom. The van der Waals surface area contributed by atoms with E-state index in [1.54, 1.807) is 48.5 Å². The number of aromatic nitrogens is 4. The summed E-state index contributed by atoms with van der Waals surface area (Å²) in [6.45, 7) is 1.36. The molecule has 3 aromatic heterocycles. The van der Waals surface area contributed by atoms with E-state index in [9.17, 15) is 22.8 Å². The highest BCUT2D eigenvalue weighted by Crippen LogP contribution is 2.34. The van der Waals surface area contributed by atoms with Crippen LogP contribution in [0.4, 0.5) is 19.1 Å². The van der Waals surface area contributed by atoms with Crippen molar-refractivity contribution in [3.63, 3.8) is 0 Å². The van der Waals surface area contributed by atoms with Gasteiger partial charge in [0.1, 0.15) is 4.70 Å². The number of alkyl halides is 3. The number of anilines is 1. The molecule has 0 fully saturated rings. The second-order valence-corrected chi connectivity index (χ2v) is 11.2. The SMILES string of the molecule is CN(C)CCn1c(N(C)C)nc2cc(-n3c(OC(=O)C(F)(F)F)nc4cc(-c5ccc(Cl)cc5)sc4c3=O)ccc21. The molecule has 9 nitrogen and oxygen atoms in total. The van der Waals surface area contributed by atoms with Crippen LogP contribution in [-0.4, -0.2) is 70.9 Å². The monoisotopic (exact) mass is 604 g/mol. The van der Waals surface area contributed by atoms with Crippen LogP contribution in [0.25, 0.3) is 37.4 Å². The first-order valence-corrected chi connectivity index (χ1v) is 13.5. The molecular weight excluding hydrogens is 581 g/mol. The smallest absolute Gasteiger partial charge is 0.385 e. The first-order chi connectivity index (χ1) is 19.3. The number of likely N-dealkylation sites (N-methyl/N-ethyl adjacent to an activating group) is 1. The van der Waals surface area contributed by atoms with Gasteiger partial charge in [0.15, 0.2) is 0 Å². The molecule has 41 heavy (non-hydrogen) atoms. The largest absolute Gasteiger partial charge is 0.491 e. The van der Waals surface area contributed by atoms with Gasteiger partial charge in [-0.3, -0.25) is 4.79 Å². The Kier molecular flexibility index (Phi) is 7.53. The van der Waals surface area contributed by atoms with Crippen LogP contribution in [0.5, 0.6) is 6.01 Å². The highest BCUT2D eigenvalue weighted by Gasteiger charge is 2.42. The van der Waals surface area contributed by atoms with Crippen LogP contribution in [0.1, 0.15) is 0 Å². The third-order valence-electron chi connectivity index (χ3n) is 6.20. The molecule has 0 atom stereocenters. The fourth-order valence-corrected chi connectivity index (χ4v) is 5.42. The summed E-state index contributed by atoms with van der Waals surface area (Å²) in [7, 11) is 7.60. The Morgan fingerprint density at radius 3 is 2.37 bits per heavy atom. The number of ether oxygens (including phenoxy) is 1. The lowest BCUT2D eigenvalue weighted by Gasteiger charge is -2.17. The van der Waals surface area contributed by atoms with Crippen LogP contribution in [0, 0.1) is 0 Å². The molecule has 0 N–H and O–H groups in total. The zero-order chi connectivity index (χ0) is 29.6. The van der Waals surface area contributed by atoms with Gasteiger partial charge in [-0.15, -0.1) is 11.3 Å². The van der Waals surface area contributed by atoms with E-state index in [0.29, 0.717) is 27.9 Å². The number of carbonyl (C=O) groups excluding carboxylic acids is 1. The maximum absolute atomic E-state index is 13.8. The molecule has 0 spiro atoms. The average Bonchev–Trinajstić information content (AvgIpc) is 3.49. The molecular formula is C27H24ClF3N6O3S. The molecule has 2 aromatic carbocycles. The van der Waals surface area contributed by atoms with Gasteiger partial charge in [0, 0.05) is 37.1 Å². The zero-order valence-electron chi connectivity index (χ0n) is 22.4. The number of thiophene rings is 1. The molecule has 214 valence electrons. The number of imidazole rings is 1. The Hall–Kier alpha value is -3.94. The van der Waals surface area contributed by atoms with E-state index >= 15 is 0 Å². The van der Waals surface area contributed by atoms with Gasteiger partial charge in [-0.1, -0.05) is 23.7 Å². The van der Waals surface area contributed by atoms with Gasteiger partial charge in [0.05, 0.1) is 22.2 Å². The lowest BCUT2D eigenvalue weighted by molar-refractivity contribution is -0.190. The maximum atomic E-state index is 13.8. The minimum Gasteiger partial charge on any atom is -0.385 e. The van der Waals surface area contributed by atoms with E-state index in [1.807, 2.05) is 42.6 Å². The van der Waals surface area contributed by atoms with Crippen LogP contribution < -0.4 is 15.2 Å². The van der Waals surface area contributed by atoms with Crippen molar-refractivity contribution < 1.29 is 22.7 Å². The summed E-state index contributed by atoms with van der Waals surface area (Å²) >= 11 is 7.10. The summed E-state index contributed by atoms with van der Waals surface area (Å²) in [5.41, 5.74) is 1.54. The quantitative estimate of drug-likeness (QED) is 0.236. The van der Waals surface area contributed by atoms with E-state index in [0.717, 1.165) is 33.5 Å². The molecule has 0 aliphatic heterocycles. The van der Waals surface area contributed by atoms with Gasteiger partial charge in [-0.2, -0.15) is 18.2 Å². The van der Waals surface area contributed by atoms with Gasteiger partial charge in [-0.05, 0) is 56.1 Å². The predicted octanol–water partition coefficient (Wildman–Crippen LogP) is 5.21. The number of hydrogen-bond acceptors (Lipinski definition) is 8. The van der Waals surface area contributed by atoms with Crippen molar-refractivity contribution in [1.29, 1.82) is 0 Å². The van der Waals surface area contributed by atoms with Gasteiger partial charge in [0.25, 0.3) is 5.56 Å². The fourth-order valence-electron chi connectivity index (χ4n) is 4.26. The minimum absolute atomic E-state index is 0.0927. The number of nitrogens with zero attached hydrogens (tertiary/aromatic N) is 6. The second kappa shape index (κ2) is 10.8. The van der Waals surface area contributed by atoms with Gasteiger partial charge in [0.2, 0.25) is 5.95 Å². The van der Waals surface area contributed by atoms with Gasteiger partial charge < -0.3 is 19.1 Å². The number of esters is 1. The molecule has 5 rings (SSSR count). The molecule has 0 unspecified atom stereocenters. The zero-order valence-corrected chi connectivity index (χ0v) is 23.9. The molecule has 0 saturated carbocycles. The van der Waals surface area contributed by atoms with Crippen LogP contribution in [-0.2, 0) is 11.3 Å². The Bertz CT molecular complexity index is 1830. The van der Waals surface area contributed by atoms with Gasteiger partial charge in [-0.25, -0.2) is 14.3 Å². The lowest BCUT2D eigenvalue weighted by Crippen LogP contribution is -2.31.